The van der Waals surface area contributed by atoms with Crippen LogP contribution in [-0.2, 0) is 11.3 Å². The Bertz CT molecular complexity index is 621. The molecule has 2 aromatic heterocycles. The lowest BCUT2D eigenvalue weighted by Crippen LogP contribution is -2.48. The number of rotatable bonds is 6. The van der Waals surface area contributed by atoms with Gasteiger partial charge in [-0.05, 0) is 17.9 Å². The molecule has 0 aliphatic carbocycles. The molecule has 2 aromatic rings. The zero-order valence-electron chi connectivity index (χ0n) is 12.9. The minimum atomic E-state index is 0.236. The third-order valence-electron chi connectivity index (χ3n) is 3.93. The van der Waals surface area contributed by atoms with Gasteiger partial charge < -0.3 is 4.90 Å². The van der Waals surface area contributed by atoms with Gasteiger partial charge in [0.15, 0.2) is 0 Å². The van der Waals surface area contributed by atoms with Gasteiger partial charge in [-0.25, -0.2) is 4.98 Å². The Kier molecular flexibility index (Phi) is 6.05. The van der Waals surface area contributed by atoms with E-state index in [1.807, 2.05) is 4.90 Å². The first-order valence-electron chi connectivity index (χ1n) is 7.80. The van der Waals surface area contributed by atoms with Crippen LogP contribution in [0, 0.1) is 0 Å². The summed E-state index contributed by atoms with van der Waals surface area (Å²) in [6.07, 6.45) is 1.34. The topological polar surface area (TPSA) is 36.4 Å². The fourth-order valence-electron chi connectivity index (χ4n) is 2.64. The third kappa shape index (κ3) is 4.53. The van der Waals surface area contributed by atoms with E-state index in [1.54, 1.807) is 22.7 Å². The standard InChI is InChI=1S/C16H20ClN3OS2/c17-5-1-4-16(21)20-8-6-19(7-9-20)11-15-18-13(12-23-15)14-3-2-10-22-14/h2-3,10,12H,1,4-9,11H2. The highest BCUT2D eigenvalue weighted by molar-refractivity contribution is 7.14. The molecule has 1 aliphatic heterocycles. The largest absolute Gasteiger partial charge is 0.340 e. The summed E-state index contributed by atoms with van der Waals surface area (Å²) < 4.78 is 0. The van der Waals surface area contributed by atoms with Gasteiger partial charge in [0.05, 0.1) is 17.1 Å². The molecule has 124 valence electrons. The van der Waals surface area contributed by atoms with Gasteiger partial charge >= 0.3 is 0 Å². The molecular weight excluding hydrogens is 350 g/mol. The van der Waals surface area contributed by atoms with Crippen molar-refractivity contribution in [3.05, 3.63) is 27.9 Å². The van der Waals surface area contributed by atoms with Crippen LogP contribution >= 0.6 is 34.3 Å². The van der Waals surface area contributed by atoms with Gasteiger partial charge in [-0.1, -0.05) is 6.07 Å². The summed E-state index contributed by atoms with van der Waals surface area (Å²) in [6.45, 7) is 4.33. The Balaban J connectivity index is 1.48. The Morgan fingerprint density at radius 2 is 2.09 bits per heavy atom. The second-order valence-electron chi connectivity index (χ2n) is 5.55. The molecule has 7 heteroatoms. The van der Waals surface area contributed by atoms with Crippen molar-refractivity contribution in [2.45, 2.75) is 19.4 Å². The molecule has 3 rings (SSSR count). The number of hydrogen-bond donors (Lipinski definition) is 0. The zero-order valence-corrected chi connectivity index (χ0v) is 15.3. The monoisotopic (exact) mass is 369 g/mol. The lowest BCUT2D eigenvalue weighted by atomic mass is 10.2. The first-order valence-corrected chi connectivity index (χ1v) is 10.1. The number of amides is 1. The summed E-state index contributed by atoms with van der Waals surface area (Å²) in [5, 5.41) is 5.36. The van der Waals surface area contributed by atoms with Crippen LogP contribution in [0.2, 0.25) is 0 Å². The lowest BCUT2D eigenvalue weighted by molar-refractivity contribution is -0.133. The summed E-state index contributed by atoms with van der Waals surface area (Å²) in [7, 11) is 0. The third-order valence-corrected chi connectivity index (χ3v) is 5.93. The molecule has 1 saturated heterocycles. The summed E-state index contributed by atoms with van der Waals surface area (Å²) in [5.74, 6) is 0.794. The predicted octanol–water partition coefficient (Wildman–Crippen LogP) is 3.53. The molecule has 3 heterocycles. The van der Waals surface area contributed by atoms with E-state index in [4.69, 9.17) is 16.6 Å². The van der Waals surface area contributed by atoms with Crippen LogP contribution in [-0.4, -0.2) is 52.8 Å². The van der Waals surface area contributed by atoms with E-state index in [-0.39, 0.29) is 5.91 Å². The van der Waals surface area contributed by atoms with Gasteiger partial charge in [0.1, 0.15) is 5.01 Å². The molecule has 0 N–H and O–H groups in total. The van der Waals surface area contributed by atoms with E-state index in [1.165, 1.54) is 4.88 Å². The summed E-state index contributed by atoms with van der Waals surface area (Å²) >= 11 is 9.09. The van der Waals surface area contributed by atoms with Crippen LogP contribution in [0.15, 0.2) is 22.9 Å². The normalized spacial score (nSPS) is 16.0. The van der Waals surface area contributed by atoms with Gasteiger partial charge in [-0.15, -0.1) is 34.3 Å². The number of hydrogen-bond acceptors (Lipinski definition) is 5. The van der Waals surface area contributed by atoms with Crippen LogP contribution < -0.4 is 0 Å². The molecule has 1 fully saturated rings. The quantitative estimate of drug-likeness (QED) is 0.731. The molecule has 1 aliphatic rings. The highest BCUT2D eigenvalue weighted by atomic mass is 35.5. The van der Waals surface area contributed by atoms with Crippen LogP contribution in [0.3, 0.4) is 0 Å². The molecule has 0 bridgehead atoms. The maximum absolute atomic E-state index is 12.0. The smallest absolute Gasteiger partial charge is 0.222 e. The number of halogens is 1. The van der Waals surface area contributed by atoms with E-state index >= 15 is 0 Å². The van der Waals surface area contributed by atoms with Crippen molar-refractivity contribution in [2.24, 2.45) is 0 Å². The number of thiazole rings is 1. The number of alkyl halides is 1. The van der Waals surface area contributed by atoms with E-state index in [0.717, 1.165) is 49.8 Å². The van der Waals surface area contributed by atoms with Crippen molar-refractivity contribution in [1.29, 1.82) is 0 Å². The number of piperazine rings is 1. The molecule has 0 aromatic carbocycles. The van der Waals surface area contributed by atoms with Crippen LogP contribution in [0.5, 0.6) is 0 Å². The summed E-state index contributed by atoms with van der Waals surface area (Å²) in [6, 6.07) is 4.16. The Morgan fingerprint density at radius 1 is 1.26 bits per heavy atom. The van der Waals surface area contributed by atoms with Crippen molar-refractivity contribution in [3.63, 3.8) is 0 Å². The summed E-state index contributed by atoms with van der Waals surface area (Å²) in [5.41, 5.74) is 1.08. The molecule has 0 radical (unpaired) electrons. The van der Waals surface area contributed by atoms with Crippen molar-refractivity contribution in [3.8, 4) is 10.6 Å². The minimum Gasteiger partial charge on any atom is -0.340 e. The van der Waals surface area contributed by atoms with E-state index in [0.29, 0.717) is 12.3 Å². The lowest BCUT2D eigenvalue weighted by Gasteiger charge is -2.34. The van der Waals surface area contributed by atoms with Crippen molar-refractivity contribution in [1.82, 2.24) is 14.8 Å². The van der Waals surface area contributed by atoms with Crippen LogP contribution in [0.4, 0.5) is 0 Å². The maximum atomic E-state index is 12.0. The second kappa shape index (κ2) is 8.24. The summed E-state index contributed by atoms with van der Waals surface area (Å²) in [4.78, 5) is 22.3. The Hall–Kier alpha value is -0.950. The van der Waals surface area contributed by atoms with Crippen molar-refractivity contribution < 1.29 is 4.79 Å². The molecule has 23 heavy (non-hydrogen) atoms. The molecular formula is C16H20ClN3OS2. The average molecular weight is 370 g/mol. The maximum Gasteiger partial charge on any atom is 0.222 e. The molecule has 4 nitrogen and oxygen atoms in total. The number of nitrogens with zero attached hydrogens (tertiary/aromatic N) is 3. The highest BCUT2D eigenvalue weighted by Gasteiger charge is 2.21. The fraction of sp³-hybridized carbons (Fsp3) is 0.500. The van der Waals surface area contributed by atoms with Crippen molar-refractivity contribution in [2.75, 3.05) is 32.1 Å². The Morgan fingerprint density at radius 3 is 2.78 bits per heavy atom. The first kappa shape index (κ1) is 16.9. The number of carbonyl (C=O) groups excluding carboxylic acids is 1. The SMILES string of the molecule is O=C(CCCCl)N1CCN(Cc2nc(-c3cccs3)cs2)CC1. The number of thiophene rings is 1. The van der Waals surface area contributed by atoms with Gasteiger partial charge in [0.2, 0.25) is 5.91 Å². The first-order chi connectivity index (χ1) is 11.3. The zero-order chi connectivity index (χ0) is 16.1. The molecule has 0 unspecified atom stereocenters. The van der Waals surface area contributed by atoms with Gasteiger partial charge in [-0.3, -0.25) is 9.69 Å². The van der Waals surface area contributed by atoms with Crippen LogP contribution in [0.25, 0.3) is 10.6 Å². The van der Waals surface area contributed by atoms with Gasteiger partial charge in [-0.2, -0.15) is 0 Å². The predicted molar refractivity (Wildman–Crippen MR) is 97.2 cm³/mol. The van der Waals surface area contributed by atoms with Gasteiger partial charge in [0, 0.05) is 43.9 Å². The minimum absolute atomic E-state index is 0.236. The van der Waals surface area contributed by atoms with E-state index < -0.39 is 0 Å². The molecule has 1 amide bonds. The van der Waals surface area contributed by atoms with E-state index in [2.05, 4.69) is 27.8 Å². The van der Waals surface area contributed by atoms with Crippen LogP contribution in [0.1, 0.15) is 17.8 Å². The second-order valence-corrected chi connectivity index (χ2v) is 7.82. The number of carbonyl (C=O) groups is 1. The van der Waals surface area contributed by atoms with Crippen molar-refractivity contribution >= 4 is 40.2 Å². The molecule has 0 atom stereocenters. The Labute approximate surface area is 149 Å². The average Bonchev–Trinajstić information content (AvgIpc) is 3.24. The number of aromatic nitrogens is 1. The van der Waals surface area contributed by atoms with E-state index in [9.17, 15) is 4.79 Å². The fourth-order valence-corrected chi connectivity index (χ4v) is 4.37. The highest BCUT2D eigenvalue weighted by Crippen LogP contribution is 2.26. The molecule has 0 saturated carbocycles. The van der Waals surface area contributed by atoms with Gasteiger partial charge in [0.25, 0.3) is 0 Å². The molecule has 0 spiro atoms.